The lowest BCUT2D eigenvalue weighted by Crippen LogP contribution is -2.29. The molecule has 0 fully saturated rings. The van der Waals surface area contributed by atoms with Crippen molar-refractivity contribution in [2.75, 3.05) is 25.6 Å². The first-order chi connectivity index (χ1) is 8.79. The summed E-state index contributed by atoms with van der Waals surface area (Å²) in [5.74, 6) is -0.264. The van der Waals surface area contributed by atoms with Crippen LogP contribution >= 0.6 is 0 Å². The second-order valence-corrected chi connectivity index (χ2v) is 5.12. The third-order valence-corrected chi connectivity index (χ3v) is 3.58. The average Bonchev–Trinajstić information content (AvgIpc) is 2.34. The number of benzene rings is 1. The first kappa shape index (κ1) is 15.3. The van der Waals surface area contributed by atoms with Crippen LogP contribution in [-0.2, 0) is 4.79 Å². The molecule has 0 aliphatic heterocycles. The Morgan fingerprint density at radius 1 is 1.37 bits per heavy atom. The average molecular weight is 265 g/mol. The van der Waals surface area contributed by atoms with E-state index in [0.717, 1.165) is 28.1 Å². The number of methoxy groups -OCH3 is 1. The largest absolute Gasteiger partial charge is 0.496 e. The fraction of sp³-hybridized carbons (Fsp3) is 0.533. The summed E-state index contributed by atoms with van der Waals surface area (Å²) in [5, 5.41) is 8.99. The van der Waals surface area contributed by atoms with Gasteiger partial charge in [0.05, 0.1) is 13.0 Å². The van der Waals surface area contributed by atoms with Gasteiger partial charge in [-0.2, -0.15) is 0 Å². The lowest BCUT2D eigenvalue weighted by Gasteiger charge is -2.26. The van der Waals surface area contributed by atoms with Gasteiger partial charge in [-0.25, -0.2) is 0 Å². The number of aliphatic carboxylic acids is 1. The summed E-state index contributed by atoms with van der Waals surface area (Å²) < 4.78 is 5.40. The molecular weight excluding hydrogens is 242 g/mol. The third kappa shape index (κ3) is 3.19. The molecular formula is C15H23NO3. The summed E-state index contributed by atoms with van der Waals surface area (Å²) >= 11 is 0. The van der Waals surface area contributed by atoms with Crippen LogP contribution in [-0.4, -0.2) is 31.8 Å². The number of rotatable bonds is 5. The van der Waals surface area contributed by atoms with Gasteiger partial charge in [-0.3, -0.25) is 4.79 Å². The van der Waals surface area contributed by atoms with Gasteiger partial charge in [0.25, 0.3) is 0 Å². The zero-order chi connectivity index (χ0) is 14.7. The fourth-order valence-electron chi connectivity index (χ4n) is 2.33. The van der Waals surface area contributed by atoms with E-state index in [9.17, 15) is 4.79 Å². The minimum atomic E-state index is -0.772. The van der Waals surface area contributed by atoms with Crippen LogP contribution < -0.4 is 9.64 Å². The van der Waals surface area contributed by atoms with Gasteiger partial charge in [-0.1, -0.05) is 6.92 Å². The molecule has 0 saturated heterocycles. The van der Waals surface area contributed by atoms with Crippen molar-refractivity contribution in [3.8, 4) is 5.75 Å². The monoisotopic (exact) mass is 265 g/mol. The number of carboxylic acids is 1. The molecule has 0 saturated carbocycles. The van der Waals surface area contributed by atoms with Gasteiger partial charge in [0.1, 0.15) is 5.75 Å². The van der Waals surface area contributed by atoms with Crippen molar-refractivity contribution in [2.45, 2.75) is 27.7 Å². The summed E-state index contributed by atoms with van der Waals surface area (Å²) in [7, 11) is 3.60. The molecule has 4 nitrogen and oxygen atoms in total. The number of aryl methyl sites for hydroxylation is 1. The first-order valence-corrected chi connectivity index (χ1v) is 6.38. The SMILES string of the molecule is COc1c(C)cc(N(C)CC(C)C(=O)O)c(C)c1C. The molecule has 1 unspecified atom stereocenters. The Bertz CT molecular complexity index is 483. The van der Waals surface area contributed by atoms with Gasteiger partial charge in [0.15, 0.2) is 0 Å². The van der Waals surface area contributed by atoms with E-state index < -0.39 is 11.9 Å². The van der Waals surface area contributed by atoms with E-state index >= 15 is 0 Å². The second-order valence-electron chi connectivity index (χ2n) is 5.12. The molecule has 0 bridgehead atoms. The van der Waals surface area contributed by atoms with Crippen LogP contribution in [0, 0.1) is 26.7 Å². The molecule has 1 atom stereocenters. The van der Waals surface area contributed by atoms with E-state index in [2.05, 4.69) is 6.07 Å². The summed E-state index contributed by atoms with van der Waals surface area (Å²) in [6.07, 6.45) is 0. The van der Waals surface area contributed by atoms with Crippen LogP contribution in [0.5, 0.6) is 5.75 Å². The molecule has 1 aromatic rings. The Hall–Kier alpha value is -1.71. The molecule has 1 N–H and O–H groups in total. The van der Waals surface area contributed by atoms with Crippen molar-refractivity contribution < 1.29 is 14.6 Å². The molecule has 0 radical (unpaired) electrons. The van der Waals surface area contributed by atoms with Crippen molar-refractivity contribution in [1.82, 2.24) is 0 Å². The van der Waals surface area contributed by atoms with E-state index in [1.807, 2.05) is 32.7 Å². The highest BCUT2D eigenvalue weighted by Crippen LogP contribution is 2.33. The molecule has 4 heteroatoms. The maximum Gasteiger partial charge on any atom is 0.308 e. The maximum absolute atomic E-state index is 10.9. The minimum Gasteiger partial charge on any atom is -0.496 e. The van der Waals surface area contributed by atoms with E-state index in [-0.39, 0.29) is 0 Å². The highest BCUT2D eigenvalue weighted by molar-refractivity contribution is 5.71. The van der Waals surface area contributed by atoms with Crippen molar-refractivity contribution >= 4 is 11.7 Å². The minimum absolute atomic E-state index is 0.396. The summed E-state index contributed by atoms with van der Waals surface area (Å²) in [6, 6.07) is 2.05. The van der Waals surface area contributed by atoms with Gasteiger partial charge in [-0.05, 0) is 43.5 Å². The Kier molecular flexibility index (Phi) is 4.81. The molecule has 0 spiro atoms. The number of anilines is 1. The smallest absolute Gasteiger partial charge is 0.308 e. The molecule has 0 aromatic heterocycles. The van der Waals surface area contributed by atoms with Crippen molar-refractivity contribution in [1.29, 1.82) is 0 Å². The zero-order valence-electron chi connectivity index (χ0n) is 12.6. The van der Waals surface area contributed by atoms with Crippen molar-refractivity contribution in [2.24, 2.45) is 5.92 Å². The van der Waals surface area contributed by atoms with Crippen LogP contribution in [0.25, 0.3) is 0 Å². The van der Waals surface area contributed by atoms with E-state index in [4.69, 9.17) is 9.84 Å². The summed E-state index contributed by atoms with van der Waals surface area (Å²) in [4.78, 5) is 12.9. The third-order valence-electron chi connectivity index (χ3n) is 3.58. The van der Waals surface area contributed by atoms with Crippen LogP contribution in [0.1, 0.15) is 23.6 Å². The van der Waals surface area contributed by atoms with E-state index in [1.54, 1.807) is 14.0 Å². The number of hydrogen-bond acceptors (Lipinski definition) is 3. The fourth-order valence-corrected chi connectivity index (χ4v) is 2.33. The molecule has 19 heavy (non-hydrogen) atoms. The lowest BCUT2D eigenvalue weighted by atomic mass is 10.0. The predicted octanol–water partition coefficient (Wildman–Crippen LogP) is 2.78. The van der Waals surface area contributed by atoms with Crippen LogP contribution in [0.4, 0.5) is 5.69 Å². The highest BCUT2D eigenvalue weighted by atomic mass is 16.5. The van der Waals surface area contributed by atoms with Crippen LogP contribution in [0.2, 0.25) is 0 Å². The highest BCUT2D eigenvalue weighted by Gasteiger charge is 2.17. The van der Waals surface area contributed by atoms with Gasteiger partial charge < -0.3 is 14.7 Å². The second kappa shape index (κ2) is 5.95. The zero-order valence-corrected chi connectivity index (χ0v) is 12.6. The summed E-state index contributed by atoms with van der Waals surface area (Å²) in [6.45, 7) is 8.27. The van der Waals surface area contributed by atoms with E-state index in [1.165, 1.54) is 0 Å². The van der Waals surface area contributed by atoms with Gasteiger partial charge in [-0.15, -0.1) is 0 Å². The quantitative estimate of drug-likeness (QED) is 0.889. The maximum atomic E-state index is 10.9. The van der Waals surface area contributed by atoms with Crippen LogP contribution in [0.3, 0.4) is 0 Å². The number of nitrogens with zero attached hydrogens (tertiary/aromatic N) is 1. The number of carbonyl (C=O) groups is 1. The standard InChI is InChI=1S/C15H23NO3/c1-9-7-13(11(3)12(4)14(9)19-6)16(5)8-10(2)15(17)18/h7,10H,8H2,1-6H3,(H,17,18). The van der Waals surface area contributed by atoms with Gasteiger partial charge in [0, 0.05) is 19.3 Å². The van der Waals surface area contributed by atoms with Crippen LogP contribution in [0.15, 0.2) is 6.07 Å². The number of ether oxygens (including phenoxy) is 1. The Balaban J connectivity index is 3.11. The molecule has 0 aliphatic rings. The Labute approximate surface area is 115 Å². The lowest BCUT2D eigenvalue weighted by molar-refractivity contribution is -0.140. The molecule has 0 heterocycles. The van der Waals surface area contributed by atoms with Crippen molar-refractivity contribution in [3.05, 3.63) is 22.8 Å². The predicted molar refractivity (Wildman–Crippen MR) is 77.3 cm³/mol. The summed E-state index contributed by atoms with van der Waals surface area (Å²) in [5.41, 5.74) is 4.36. The van der Waals surface area contributed by atoms with Gasteiger partial charge in [0.2, 0.25) is 0 Å². The molecule has 0 aliphatic carbocycles. The Morgan fingerprint density at radius 2 is 1.95 bits per heavy atom. The van der Waals surface area contributed by atoms with Crippen molar-refractivity contribution in [3.63, 3.8) is 0 Å². The van der Waals surface area contributed by atoms with Gasteiger partial charge >= 0.3 is 5.97 Å². The number of hydrogen-bond donors (Lipinski definition) is 1. The molecule has 1 rings (SSSR count). The number of carboxylic acid groups (broad SMARTS) is 1. The molecule has 0 amide bonds. The topological polar surface area (TPSA) is 49.8 Å². The normalized spacial score (nSPS) is 12.1. The first-order valence-electron chi connectivity index (χ1n) is 6.38. The van der Waals surface area contributed by atoms with E-state index in [0.29, 0.717) is 6.54 Å². The molecule has 106 valence electrons. The Morgan fingerprint density at radius 3 is 2.42 bits per heavy atom. The molecule has 1 aromatic carbocycles.